The van der Waals surface area contributed by atoms with Crippen LogP contribution in [0.25, 0.3) is 0 Å². The zero-order valence-electron chi connectivity index (χ0n) is 26.8. The van der Waals surface area contributed by atoms with E-state index in [1.165, 1.54) is 0 Å². The second kappa shape index (κ2) is 21.8. The van der Waals surface area contributed by atoms with E-state index in [0.29, 0.717) is 37.4 Å². The number of hydrogen-bond donors (Lipinski definition) is 3. The summed E-state index contributed by atoms with van der Waals surface area (Å²) in [4.78, 5) is 36.9. The fourth-order valence-corrected chi connectivity index (χ4v) is 7.52. The summed E-state index contributed by atoms with van der Waals surface area (Å²) in [5, 5.41) is 7.84. The Hall–Kier alpha value is -1.78. The molecular weight excluding hydrogens is 607 g/mol. The third kappa shape index (κ3) is 18.0. The smallest absolute Gasteiger partial charge is 0.407 e. The van der Waals surface area contributed by atoms with Crippen molar-refractivity contribution in [3.05, 3.63) is 0 Å². The van der Waals surface area contributed by atoms with Crippen LogP contribution in [0.2, 0.25) is 37.8 Å². The summed E-state index contributed by atoms with van der Waals surface area (Å²) >= 11 is 0. The summed E-state index contributed by atoms with van der Waals surface area (Å²) in [6, 6.07) is 1.25. The first kappa shape index (κ1) is 40.2. The molecule has 15 nitrogen and oxygen atoms in total. The quantitative estimate of drug-likeness (QED) is 0.0834. The first-order valence-corrected chi connectivity index (χ1v) is 21.5. The maximum Gasteiger partial charge on any atom is 0.407 e. The van der Waals surface area contributed by atoms with Crippen LogP contribution in [-0.4, -0.2) is 126 Å². The first-order chi connectivity index (χ1) is 19.8. The molecular formula is C24H53N3O12Si3. The van der Waals surface area contributed by atoms with Crippen LogP contribution in [-0.2, 0) is 40.8 Å². The van der Waals surface area contributed by atoms with Gasteiger partial charge in [0.2, 0.25) is 0 Å². The van der Waals surface area contributed by atoms with E-state index in [1.807, 2.05) is 19.6 Å². The fourth-order valence-electron chi connectivity index (χ4n) is 3.43. The molecule has 0 aliphatic rings. The summed E-state index contributed by atoms with van der Waals surface area (Å²) in [6.07, 6.45) is -0.325. The van der Waals surface area contributed by atoms with Gasteiger partial charge in [-0.05, 0) is 57.0 Å². The Morgan fingerprint density at radius 2 is 0.810 bits per heavy atom. The summed E-state index contributed by atoms with van der Waals surface area (Å²) in [6.45, 7) is 6.21. The van der Waals surface area contributed by atoms with Crippen molar-refractivity contribution in [2.24, 2.45) is 0 Å². The van der Waals surface area contributed by atoms with E-state index in [9.17, 15) is 14.4 Å². The molecule has 0 rings (SSSR count). The Balaban J connectivity index is 4.78. The van der Waals surface area contributed by atoms with Crippen LogP contribution >= 0.6 is 0 Å². The first-order valence-electron chi connectivity index (χ1n) is 13.9. The molecule has 0 spiro atoms. The van der Waals surface area contributed by atoms with Crippen molar-refractivity contribution in [3.63, 3.8) is 0 Å². The molecule has 0 aromatic carbocycles. The van der Waals surface area contributed by atoms with E-state index in [0.717, 1.165) is 0 Å². The highest BCUT2D eigenvalue weighted by Crippen LogP contribution is 2.15. The number of rotatable bonds is 23. The number of ether oxygens (including phenoxy) is 3. The van der Waals surface area contributed by atoms with E-state index < -0.39 is 50.0 Å². The van der Waals surface area contributed by atoms with Gasteiger partial charge in [-0.3, -0.25) is 0 Å². The van der Waals surface area contributed by atoms with Gasteiger partial charge < -0.3 is 56.7 Å². The van der Waals surface area contributed by atoms with E-state index in [-0.39, 0.29) is 32.9 Å². The molecule has 18 heteroatoms. The molecule has 0 saturated carbocycles. The van der Waals surface area contributed by atoms with Crippen LogP contribution in [0.5, 0.6) is 0 Å². The summed E-state index contributed by atoms with van der Waals surface area (Å²) < 4.78 is 48.2. The fraction of sp³-hybridized carbons (Fsp3) is 0.875. The maximum atomic E-state index is 12.4. The molecule has 0 aromatic heterocycles. The second-order valence-corrected chi connectivity index (χ2v) is 20.7. The average Bonchev–Trinajstić information content (AvgIpc) is 3.00. The van der Waals surface area contributed by atoms with Gasteiger partial charge in [-0.1, -0.05) is 0 Å². The normalized spacial score (nSPS) is 12.1. The zero-order chi connectivity index (χ0) is 32.1. The van der Waals surface area contributed by atoms with Gasteiger partial charge in [0.25, 0.3) is 0 Å². The number of alkyl carbamates (subject to hydrolysis) is 3. The van der Waals surface area contributed by atoms with Crippen LogP contribution in [0.15, 0.2) is 0 Å². The Bertz CT molecular complexity index is 730. The standard InChI is InChI=1S/C24H53N3O12Si3/c1-31-40(7,32-2)16-10-13-37-22(28)25-19-21(27-24(30)39-15-12-18-42(9,35-5)36-6)20-26-23(29)38-14-11-17-41(8,33-3)34-4/h21H,10-20H2,1-9H3,(H,25,28)(H,26,29)(H,27,30). The number of hydrogen-bond acceptors (Lipinski definition) is 12. The summed E-state index contributed by atoms with van der Waals surface area (Å²) in [5.74, 6) is 0. The minimum Gasteiger partial charge on any atom is -0.450 e. The molecule has 3 N–H and O–H groups in total. The lowest BCUT2D eigenvalue weighted by molar-refractivity contribution is 0.131. The lowest BCUT2D eigenvalue weighted by Gasteiger charge is -2.23. The van der Waals surface area contributed by atoms with Crippen molar-refractivity contribution < 1.29 is 55.2 Å². The maximum absolute atomic E-state index is 12.4. The Kier molecular flexibility index (Phi) is 20.9. The lowest BCUT2D eigenvalue weighted by atomic mass is 10.3. The second-order valence-electron chi connectivity index (χ2n) is 9.95. The van der Waals surface area contributed by atoms with Crippen molar-refractivity contribution in [1.29, 1.82) is 0 Å². The van der Waals surface area contributed by atoms with Crippen molar-refractivity contribution >= 4 is 44.0 Å². The lowest BCUT2D eigenvalue weighted by Crippen LogP contribution is -2.50. The van der Waals surface area contributed by atoms with Crippen molar-refractivity contribution in [2.45, 2.75) is 63.1 Å². The minimum absolute atomic E-state index is 0.0270. The Morgan fingerprint density at radius 1 is 0.524 bits per heavy atom. The average molecular weight is 660 g/mol. The van der Waals surface area contributed by atoms with E-state index in [4.69, 9.17) is 40.8 Å². The molecule has 0 atom stereocenters. The van der Waals surface area contributed by atoms with Gasteiger partial charge in [-0.25, -0.2) is 14.4 Å². The topological polar surface area (TPSA) is 170 Å². The van der Waals surface area contributed by atoms with Gasteiger partial charge >= 0.3 is 44.0 Å². The highest BCUT2D eigenvalue weighted by molar-refractivity contribution is 6.66. The SMILES string of the molecule is CO[Si](C)(CCCOC(=O)NCC(CNC(=O)OCCC[Si](C)(OC)OC)NC(=O)OCCC[Si](C)(OC)OC)OC. The predicted octanol–water partition coefficient (Wildman–Crippen LogP) is 2.80. The minimum atomic E-state index is -2.27. The molecule has 0 aliphatic heterocycles. The van der Waals surface area contributed by atoms with Gasteiger partial charge in [0, 0.05) is 55.7 Å². The van der Waals surface area contributed by atoms with Gasteiger partial charge in [-0.2, -0.15) is 0 Å². The highest BCUT2D eigenvalue weighted by Gasteiger charge is 2.29. The van der Waals surface area contributed by atoms with Crippen molar-refractivity contribution in [2.75, 3.05) is 75.6 Å². The number of carbonyl (C=O) groups is 3. The van der Waals surface area contributed by atoms with Crippen LogP contribution < -0.4 is 16.0 Å². The molecule has 0 saturated heterocycles. The molecule has 0 aliphatic carbocycles. The number of nitrogens with one attached hydrogen (secondary N) is 3. The molecule has 3 amide bonds. The van der Waals surface area contributed by atoms with Crippen LogP contribution in [0, 0.1) is 0 Å². The molecule has 0 aromatic rings. The van der Waals surface area contributed by atoms with Crippen LogP contribution in [0.1, 0.15) is 19.3 Å². The molecule has 0 bridgehead atoms. The van der Waals surface area contributed by atoms with E-state index in [1.54, 1.807) is 42.7 Å². The van der Waals surface area contributed by atoms with Crippen molar-refractivity contribution in [1.82, 2.24) is 16.0 Å². The number of carbonyl (C=O) groups excluding carboxylic acids is 3. The largest absolute Gasteiger partial charge is 0.450 e. The molecule has 0 fully saturated rings. The number of amides is 3. The zero-order valence-corrected chi connectivity index (χ0v) is 29.8. The van der Waals surface area contributed by atoms with E-state index >= 15 is 0 Å². The molecule has 248 valence electrons. The van der Waals surface area contributed by atoms with Gasteiger partial charge in [0.15, 0.2) is 0 Å². The molecule has 42 heavy (non-hydrogen) atoms. The Morgan fingerprint density at radius 3 is 1.10 bits per heavy atom. The predicted molar refractivity (Wildman–Crippen MR) is 162 cm³/mol. The van der Waals surface area contributed by atoms with Crippen LogP contribution in [0.3, 0.4) is 0 Å². The third-order valence-corrected chi connectivity index (χ3v) is 15.9. The van der Waals surface area contributed by atoms with Crippen molar-refractivity contribution in [3.8, 4) is 0 Å². The van der Waals surface area contributed by atoms with E-state index in [2.05, 4.69) is 16.0 Å². The highest BCUT2D eigenvalue weighted by atomic mass is 28.4. The van der Waals surface area contributed by atoms with Gasteiger partial charge in [0.05, 0.1) is 25.9 Å². The third-order valence-electron chi connectivity index (χ3n) is 6.92. The van der Waals surface area contributed by atoms with Gasteiger partial charge in [0.1, 0.15) is 0 Å². The van der Waals surface area contributed by atoms with Gasteiger partial charge in [-0.15, -0.1) is 0 Å². The monoisotopic (exact) mass is 659 g/mol. The molecule has 0 radical (unpaired) electrons. The summed E-state index contributed by atoms with van der Waals surface area (Å²) in [7, 11) is 2.83. The molecule has 0 heterocycles. The molecule has 0 unspecified atom stereocenters. The Labute approximate surface area is 253 Å². The van der Waals surface area contributed by atoms with Crippen LogP contribution in [0.4, 0.5) is 14.4 Å². The summed E-state index contributed by atoms with van der Waals surface area (Å²) in [5.41, 5.74) is 0.